The van der Waals surface area contributed by atoms with Crippen LogP contribution in [-0.4, -0.2) is 16.1 Å². The van der Waals surface area contributed by atoms with Crippen LogP contribution in [0.15, 0.2) is 172 Å². The summed E-state index contributed by atoms with van der Waals surface area (Å²) < 4.78 is 8.49. The summed E-state index contributed by atoms with van der Waals surface area (Å²) in [6, 6.07) is 40.8. The first kappa shape index (κ1) is 34.0. The standard InChI is InChI=1S/C52H43N3O/c1-6-7-16-35-28-34-17-8-9-18-37(34)41(35)27-32(2)53-51(36-25-26-50-44(29-36)40-21-12-15-24-49(40)56-50)54-33(3)55-47-23-14-11-20-39(47)43-30-42-38-19-10-13-22-45(38)52(4,5)46(42)31-48(43)55/h6-27,29,31,42H,3,28,30H2,1-2,4-5H3/b7-6-,35-16-,41-27?,53-32?,54-51-. The minimum Gasteiger partial charge on any atom is -0.456 e. The summed E-state index contributed by atoms with van der Waals surface area (Å²) in [6.07, 6.45) is 12.9. The number of furan rings is 1. The summed E-state index contributed by atoms with van der Waals surface area (Å²) in [7, 11) is 0. The third-order valence-corrected chi connectivity index (χ3v) is 12.1. The smallest absolute Gasteiger partial charge is 0.161 e. The van der Waals surface area contributed by atoms with Crippen molar-refractivity contribution < 1.29 is 4.42 Å². The fourth-order valence-electron chi connectivity index (χ4n) is 9.49. The van der Waals surface area contributed by atoms with E-state index in [2.05, 4.69) is 160 Å². The molecule has 5 aromatic carbocycles. The summed E-state index contributed by atoms with van der Waals surface area (Å²) in [6.45, 7) is 13.6. The predicted molar refractivity (Wildman–Crippen MR) is 236 cm³/mol. The third-order valence-electron chi connectivity index (χ3n) is 12.1. The molecule has 3 aliphatic rings. The Morgan fingerprint density at radius 2 is 1.59 bits per heavy atom. The summed E-state index contributed by atoms with van der Waals surface area (Å²) in [5.74, 6) is 1.58. The first-order valence-corrected chi connectivity index (χ1v) is 19.6. The van der Waals surface area contributed by atoms with Crippen LogP contribution in [0.2, 0.25) is 0 Å². The molecule has 1 unspecified atom stereocenters. The molecule has 2 aromatic heterocycles. The average molecular weight is 726 g/mol. The number of fused-ring (bicyclic) bond motifs is 10. The van der Waals surface area contributed by atoms with Crippen molar-refractivity contribution in [2.45, 2.75) is 51.9 Å². The topological polar surface area (TPSA) is 42.8 Å². The second-order valence-corrected chi connectivity index (χ2v) is 15.8. The van der Waals surface area contributed by atoms with Crippen molar-refractivity contribution in [3.05, 3.63) is 196 Å². The van der Waals surface area contributed by atoms with Crippen molar-refractivity contribution in [2.75, 3.05) is 0 Å². The summed E-state index contributed by atoms with van der Waals surface area (Å²) >= 11 is 0. The van der Waals surface area contributed by atoms with Crippen LogP contribution in [0.4, 0.5) is 0 Å². The van der Waals surface area contributed by atoms with Gasteiger partial charge in [-0.3, -0.25) is 4.57 Å². The van der Waals surface area contributed by atoms with Gasteiger partial charge in [0, 0.05) is 38.8 Å². The van der Waals surface area contributed by atoms with Crippen LogP contribution in [0.1, 0.15) is 72.7 Å². The number of nitrogens with zero attached hydrogens (tertiary/aromatic N) is 3. The van der Waals surface area contributed by atoms with E-state index in [4.69, 9.17) is 21.0 Å². The number of aliphatic imine (C=N–C) groups is 2. The van der Waals surface area contributed by atoms with Gasteiger partial charge in [-0.2, -0.15) is 0 Å². The van der Waals surface area contributed by atoms with Gasteiger partial charge >= 0.3 is 0 Å². The van der Waals surface area contributed by atoms with Crippen LogP contribution < -0.4 is 0 Å². The lowest BCUT2D eigenvalue weighted by Gasteiger charge is -2.28. The van der Waals surface area contributed by atoms with E-state index < -0.39 is 0 Å². The van der Waals surface area contributed by atoms with Gasteiger partial charge in [0.2, 0.25) is 0 Å². The maximum Gasteiger partial charge on any atom is 0.161 e. The van der Waals surface area contributed by atoms with Crippen LogP contribution in [0, 0.1) is 0 Å². The zero-order chi connectivity index (χ0) is 38.1. The van der Waals surface area contributed by atoms with Gasteiger partial charge < -0.3 is 4.42 Å². The van der Waals surface area contributed by atoms with Gasteiger partial charge in [-0.15, -0.1) is 0 Å². The molecule has 0 spiro atoms. The molecule has 272 valence electrons. The second kappa shape index (κ2) is 13.1. The Bertz CT molecular complexity index is 2990. The van der Waals surface area contributed by atoms with E-state index in [1.807, 2.05) is 18.2 Å². The van der Waals surface area contributed by atoms with E-state index in [1.165, 1.54) is 49.9 Å². The molecule has 7 aromatic rings. The first-order chi connectivity index (χ1) is 27.3. The van der Waals surface area contributed by atoms with Crippen molar-refractivity contribution in [1.29, 1.82) is 0 Å². The fraction of sp³-hybridized carbons (Fsp3) is 0.154. The van der Waals surface area contributed by atoms with Crippen molar-refractivity contribution >= 4 is 61.9 Å². The Morgan fingerprint density at radius 3 is 2.46 bits per heavy atom. The summed E-state index contributed by atoms with van der Waals surface area (Å²) in [5, 5.41) is 3.35. The first-order valence-electron chi connectivity index (χ1n) is 19.6. The molecule has 0 aliphatic heterocycles. The molecular weight excluding hydrogens is 683 g/mol. The van der Waals surface area contributed by atoms with Crippen LogP contribution in [0.3, 0.4) is 0 Å². The molecule has 0 radical (unpaired) electrons. The van der Waals surface area contributed by atoms with E-state index in [0.29, 0.717) is 17.6 Å². The molecule has 4 heteroatoms. The largest absolute Gasteiger partial charge is 0.456 e. The van der Waals surface area contributed by atoms with Gasteiger partial charge in [0.25, 0.3) is 0 Å². The molecule has 1 atom stereocenters. The minimum atomic E-state index is -0.0766. The monoisotopic (exact) mass is 725 g/mol. The molecule has 0 bridgehead atoms. The summed E-state index contributed by atoms with van der Waals surface area (Å²) in [5.41, 5.74) is 16.4. The predicted octanol–water partition coefficient (Wildman–Crippen LogP) is 13.0. The number of para-hydroxylation sites is 2. The zero-order valence-electron chi connectivity index (χ0n) is 32.3. The number of hydrogen-bond donors (Lipinski definition) is 0. The normalized spacial score (nSPS) is 18.9. The highest BCUT2D eigenvalue weighted by molar-refractivity contribution is 6.16. The van der Waals surface area contributed by atoms with E-state index >= 15 is 0 Å². The molecule has 0 amide bonds. The average Bonchev–Trinajstić information content (AvgIpc) is 3.92. The molecule has 10 rings (SSSR count). The van der Waals surface area contributed by atoms with Crippen LogP contribution in [0.25, 0.3) is 50.3 Å². The highest BCUT2D eigenvalue weighted by Gasteiger charge is 2.44. The summed E-state index contributed by atoms with van der Waals surface area (Å²) in [4.78, 5) is 10.7. The van der Waals surface area contributed by atoms with Gasteiger partial charge in [0.15, 0.2) is 5.84 Å². The second-order valence-electron chi connectivity index (χ2n) is 15.8. The molecule has 56 heavy (non-hydrogen) atoms. The van der Waals surface area contributed by atoms with Gasteiger partial charge in [0.1, 0.15) is 17.0 Å². The molecule has 2 heterocycles. The van der Waals surface area contributed by atoms with Crippen molar-refractivity contribution in [3.8, 4) is 0 Å². The van der Waals surface area contributed by atoms with E-state index in [0.717, 1.165) is 57.3 Å². The van der Waals surface area contributed by atoms with Gasteiger partial charge in [-0.1, -0.05) is 129 Å². The maximum absolute atomic E-state index is 6.23. The fourth-order valence-corrected chi connectivity index (χ4v) is 9.49. The van der Waals surface area contributed by atoms with Gasteiger partial charge in [-0.05, 0) is 108 Å². The molecule has 0 N–H and O–H groups in total. The lowest BCUT2D eigenvalue weighted by atomic mass is 9.76. The maximum atomic E-state index is 6.23. The molecule has 3 aliphatic carbocycles. The van der Waals surface area contributed by atoms with Gasteiger partial charge in [0.05, 0.1) is 11.2 Å². The Kier molecular flexibility index (Phi) is 7.93. The molecule has 0 saturated heterocycles. The molecule has 4 nitrogen and oxygen atoms in total. The third kappa shape index (κ3) is 5.35. The lowest BCUT2D eigenvalue weighted by Crippen LogP contribution is -2.19. The number of amidine groups is 1. The Labute approximate surface area is 327 Å². The molecule has 0 saturated carbocycles. The highest BCUT2D eigenvalue weighted by Crippen LogP contribution is 2.55. The van der Waals surface area contributed by atoms with E-state index in [9.17, 15) is 0 Å². The van der Waals surface area contributed by atoms with Crippen molar-refractivity contribution in [2.24, 2.45) is 9.98 Å². The number of hydrogen-bond acceptors (Lipinski definition) is 2. The number of aromatic nitrogens is 1. The minimum absolute atomic E-state index is 0.0766. The Balaban J connectivity index is 1.15. The Morgan fingerprint density at radius 1 is 0.839 bits per heavy atom. The molecule has 0 fully saturated rings. The van der Waals surface area contributed by atoms with Crippen LogP contribution >= 0.6 is 0 Å². The highest BCUT2D eigenvalue weighted by atomic mass is 16.3. The number of allylic oxidation sites excluding steroid dienone is 7. The Hall–Kier alpha value is -6.52. The van der Waals surface area contributed by atoms with Gasteiger partial charge in [-0.25, -0.2) is 9.98 Å². The van der Waals surface area contributed by atoms with E-state index in [1.54, 1.807) is 0 Å². The van der Waals surface area contributed by atoms with Crippen molar-refractivity contribution in [3.63, 3.8) is 0 Å². The van der Waals surface area contributed by atoms with Crippen LogP contribution in [0.5, 0.6) is 0 Å². The lowest BCUT2D eigenvalue weighted by molar-refractivity contribution is 0.613. The number of benzene rings is 5. The van der Waals surface area contributed by atoms with E-state index in [-0.39, 0.29) is 5.41 Å². The quantitative estimate of drug-likeness (QED) is 0.129. The SMILES string of the molecule is C=C(/N=C(\N=C(C)C=C1/C(=C\C=C/C)Cc2ccccc21)c1ccc2oc3ccccc3c2c1)n1c2c(c3ccccc31)CC1C(=C2)C(C)(C)c2ccccc21. The van der Waals surface area contributed by atoms with Crippen LogP contribution in [-0.2, 0) is 18.3 Å². The zero-order valence-corrected chi connectivity index (χ0v) is 32.3. The van der Waals surface area contributed by atoms with Crippen molar-refractivity contribution in [1.82, 2.24) is 4.57 Å². The molecular formula is C52H43N3O. The number of rotatable bonds is 5.